The van der Waals surface area contributed by atoms with Crippen molar-refractivity contribution in [2.24, 2.45) is 0 Å². The molecule has 0 spiro atoms. The third-order valence-corrected chi connectivity index (χ3v) is 0.997. The zero-order valence-corrected chi connectivity index (χ0v) is 7.12. The van der Waals surface area contributed by atoms with Crippen LogP contribution in [0.1, 0.15) is 5.56 Å². The molecule has 0 heterocycles. The molecule has 0 atom stereocenters. The smallest absolute Gasteiger partial charge is 0.246 e. The zero-order valence-electron chi connectivity index (χ0n) is 6.22. The molecule has 1 aromatic carbocycles. The van der Waals surface area contributed by atoms with E-state index in [-0.39, 0.29) is 6.67 Å². The first-order chi connectivity index (χ1) is 5.66. The maximum absolute atomic E-state index is 11.7. The summed E-state index contributed by atoms with van der Waals surface area (Å²) in [5.41, 5.74) is 0.743. The molecule has 0 aliphatic carbocycles. The molecule has 0 saturated carbocycles. The number of hydrogen-bond donors (Lipinski definition) is 2. The van der Waals surface area contributed by atoms with Gasteiger partial charge in [0.2, 0.25) is 0 Å². The summed E-state index contributed by atoms with van der Waals surface area (Å²) < 4.78 is 20.4. The summed E-state index contributed by atoms with van der Waals surface area (Å²) in [6, 6.07) is 9.06. The molecule has 0 amide bonds. The van der Waals surface area contributed by atoms with E-state index >= 15 is 0 Å². The van der Waals surface area contributed by atoms with Crippen molar-refractivity contribution < 1.29 is 18.7 Å². The molecule has 1 rings (SSSR count). The predicted molar refractivity (Wildman–Crippen MR) is 43.3 cm³/mol. The van der Waals surface area contributed by atoms with E-state index in [2.05, 4.69) is 0 Å². The van der Waals surface area contributed by atoms with Crippen molar-refractivity contribution in [3.63, 3.8) is 0 Å². The van der Waals surface area contributed by atoms with Crippen LogP contribution in [-0.4, -0.2) is 9.79 Å². The van der Waals surface area contributed by atoms with E-state index < -0.39 is 8.25 Å². The van der Waals surface area contributed by atoms with Crippen LogP contribution in [0.5, 0.6) is 0 Å². The number of halogens is 1. The molecule has 2 N–H and O–H groups in total. The fourth-order valence-corrected chi connectivity index (χ4v) is 0.567. The van der Waals surface area contributed by atoms with Gasteiger partial charge in [-0.25, -0.2) is 4.39 Å². The molecule has 5 heteroatoms. The van der Waals surface area contributed by atoms with Gasteiger partial charge in [0.25, 0.3) is 0 Å². The second-order valence-corrected chi connectivity index (χ2v) is 2.38. The zero-order chi connectivity index (χ0) is 9.40. The SMILES string of the molecule is FCc1ccccc1.O=[P+](O)O. The number of hydrogen-bond acceptors (Lipinski definition) is 1. The molecular weight excluding hydrogens is 182 g/mol. The molecule has 0 fully saturated rings. The number of benzene rings is 1. The molecule has 0 aromatic heterocycles. The Bertz CT molecular complexity index is 223. The molecule has 12 heavy (non-hydrogen) atoms. The lowest BCUT2D eigenvalue weighted by Crippen LogP contribution is -1.72. The standard InChI is InChI=1S/C7H7F.HO3P/c8-6-7-4-2-1-3-5-7;1-4(2)3/h1-5H,6H2;(H-,1,2,3)/p+1. The van der Waals surface area contributed by atoms with E-state index in [4.69, 9.17) is 14.4 Å². The van der Waals surface area contributed by atoms with E-state index in [1.54, 1.807) is 12.1 Å². The van der Waals surface area contributed by atoms with Gasteiger partial charge in [-0.1, -0.05) is 30.3 Å². The lowest BCUT2D eigenvalue weighted by molar-refractivity contribution is 0.405. The molecule has 0 bridgehead atoms. The van der Waals surface area contributed by atoms with Crippen molar-refractivity contribution in [2.75, 3.05) is 0 Å². The third-order valence-electron chi connectivity index (χ3n) is 0.997. The maximum atomic E-state index is 11.7. The highest BCUT2D eigenvalue weighted by Crippen LogP contribution is 1.98. The Kier molecular flexibility index (Phi) is 6.38. The normalized spacial score (nSPS) is 8.25. The Labute approximate surface area is 70.4 Å². The quantitative estimate of drug-likeness (QED) is 0.665. The van der Waals surface area contributed by atoms with Crippen molar-refractivity contribution in [1.82, 2.24) is 0 Å². The van der Waals surface area contributed by atoms with Gasteiger partial charge in [-0.15, -0.1) is 9.79 Å². The Hall–Kier alpha value is -0.830. The van der Waals surface area contributed by atoms with Crippen LogP contribution in [0.15, 0.2) is 30.3 Å². The van der Waals surface area contributed by atoms with Gasteiger partial charge in [-0.2, -0.15) is 0 Å². The van der Waals surface area contributed by atoms with E-state index in [0.29, 0.717) is 0 Å². The third kappa shape index (κ3) is 7.28. The van der Waals surface area contributed by atoms with Crippen LogP contribution in [0.3, 0.4) is 0 Å². The van der Waals surface area contributed by atoms with Gasteiger partial charge in [-0.3, -0.25) is 0 Å². The molecule has 66 valence electrons. The van der Waals surface area contributed by atoms with Crippen molar-refractivity contribution in [2.45, 2.75) is 6.67 Å². The summed E-state index contributed by atoms with van der Waals surface area (Å²) in [7, 11) is -2.87. The first-order valence-corrected chi connectivity index (χ1v) is 4.28. The fourth-order valence-electron chi connectivity index (χ4n) is 0.567. The maximum Gasteiger partial charge on any atom is 0.692 e. The van der Waals surface area contributed by atoms with Crippen molar-refractivity contribution in [1.29, 1.82) is 0 Å². The van der Waals surface area contributed by atoms with Gasteiger partial charge in [0.05, 0.1) is 0 Å². The minimum Gasteiger partial charge on any atom is -0.246 e. The molecule has 1 aromatic rings. The van der Waals surface area contributed by atoms with E-state index in [1.165, 1.54) is 0 Å². The monoisotopic (exact) mass is 191 g/mol. The van der Waals surface area contributed by atoms with Crippen LogP contribution in [0.2, 0.25) is 0 Å². The Morgan fingerprint density at radius 2 is 1.67 bits per heavy atom. The molecule has 0 saturated heterocycles. The van der Waals surface area contributed by atoms with Crippen LogP contribution in [0.4, 0.5) is 4.39 Å². The number of alkyl halides is 1. The molecule has 0 aliphatic heterocycles. The molecule has 0 radical (unpaired) electrons. The van der Waals surface area contributed by atoms with Gasteiger partial charge in [0.1, 0.15) is 6.67 Å². The van der Waals surface area contributed by atoms with Gasteiger partial charge in [0.15, 0.2) is 0 Å². The Balaban J connectivity index is 0.000000261. The summed E-state index contributed by atoms with van der Waals surface area (Å²) >= 11 is 0. The second-order valence-electron chi connectivity index (χ2n) is 1.87. The molecule has 3 nitrogen and oxygen atoms in total. The molecule has 0 unspecified atom stereocenters. The van der Waals surface area contributed by atoms with Crippen molar-refractivity contribution in [3.8, 4) is 0 Å². The Morgan fingerprint density at radius 3 is 1.92 bits per heavy atom. The van der Waals surface area contributed by atoms with Crippen LogP contribution in [0, 0.1) is 0 Å². The summed E-state index contributed by atoms with van der Waals surface area (Å²) in [5.74, 6) is 0. The highest BCUT2D eigenvalue weighted by atomic mass is 31.1. The molecule has 0 aliphatic rings. The summed E-state index contributed by atoms with van der Waals surface area (Å²) in [6.07, 6.45) is 0. The van der Waals surface area contributed by atoms with Crippen molar-refractivity contribution >= 4 is 8.25 Å². The Morgan fingerprint density at radius 1 is 1.25 bits per heavy atom. The minimum atomic E-state index is -2.87. The lowest BCUT2D eigenvalue weighted by Gasteiger charge is -1.87. The first kappa shape index (κ1) is 11.2. The molecular formula is C7H9FO3P+. The average Bonchev–Trinajstić information content (AvgIpc) is 2.05. The van der Waals surface area contributed by atoms with E-state index in [1.807, 2.05) is 18.2 Å². The second kappa shape index (κ2) is 6.85. The lowest BCUT2D eigenvalue weighted by atomic mass is 10.2. The van der Waals surface area contributed by atoms with Gasteiger partial charge in [-0.05, 0) is 5.56 Å². The van der Waals surface area contributed by atoms with Crippen LogP contribution in [-0.2, 0) is 11.2 Å². The summed E-state index contributed by atoms with van der Waals surface area (Å²) in [4.78, 5) is 14.2. The van der Waals surface area contributed by atoms with Crippen molar-refractivity contribution in [3.05, 3.63) is 35.9 Å². The first-order valence-electron chi connectivity index (χ1n) is 3.11. The summed E-state index contributed by atoms with van der Waals surface area (Å²) in [5, 5.41) is 0. The topological polar surface area (TPSA) is 57.5 Å². The number of rotatable bonds is 1. The van der Waals surface area contributed by atoms with Crippen LogP contribution >= 0.6 is 8.25 Å². The fraction of sp³-hybridized carbons (Fsp3) is 0.143. The predicted octanol–water partition coefficient (Wildman–Crippen LogP) is 1.78. The minimum absolute atomic E-state index is 0.360. The van der Waals surface area contributed by atoms with Gasteiger partial charge < -0.3 is 0 Å². The highest BCUT2D eigenvalue weighted by Gasteiger charge is 1.93. The van der Waals surface area contributed by atoms with Gasteiger partial charge in [0, 0.05) is 4.57 Å². The summed E-state index contributed by atoms with van der Waals surface area (Å²) in [6.45, 7) is -0.360. The van der Waals surface area contributed by atoms with Crippen LogP contribution < -0.4 is 0 Å². The average molecular weight is 191 g/mol. The van der Waals surface area contributed by atoms with Gasteiger partial charge >= 0.3 is 8.25 Å². The van der Waals surface area contributed by atoms with E-state index in [9.17, 15) is 4.39 Å². The van der Waals surface area contributed by atoms with E-state index in [0.717, 1.165) is 5.56 Å². The largest absolute Gasteiger partial charge is 0.692 e. The van der Waals surface area contributed by atoms with Crippen LogP contribution in [0.25, 0.3) is 0 Å². The highest BCUT2D eigenvalue weighted by molar-refractivity contribution is 7.30.